The average molecular weight is 463 g/mol. The summed E-state index contributed by atoms with van der Waals surface area (Å²) in [5.41, 5.74) is 2.88. The molecule has 1 amide bonds. The molecule has 3 heterocycles. The van der Waals surface area contributed by atoms with Crippen LogP contribution >= 0.6 is 23.1 Å². The first-order valence-electron chi connectivity index (χ1n) is 10.5. The minimum absolute atomic E-state index is 0.0625. The molecule has 0 fully saturated rings. The Labute approximate surface area is 193 Å². The Morgan fingerprint density at radius 3 is 2.38 bits per heavy atom. The summed E-state index contributed by atoms with van der Waals surface area (Å²) < 4.78 is 3.03. The van der Waals surface area contributed by atoms with Crippen molar-refractivity contribution in [1.29, 1.82) is 0 Å². The number of carbonyl (C=O) groups excluding carboxylic acids is 1. The maximum absolute atomic E-state index is 13.5. The molecule has 0 spiro atoms. The predicted octanol–water partition coefficient (Wildman–Crippen LogP) is 3.20. The van der Waals surface area contributed by atoms with Crippen molar-refractivity contribution in [2.24, 2.45) is 5.10 Å². The number of thiazole rings is 1. The van der Waals surface area contributed by atoms with Gasteiger partial charge in [-0.2, -0.15) is 10.1 Å². The van der Waals surface area contributed by atoms with E-state index in [0.717, 1.165) is 22.2 Å². The van der Waals surface area contributed by atoms with E-state index in [1.807, 2.05) is 56.3 Å². The van der Waals surface area contributed by atoms with Crippen LogP contribution in [0.15, 0.2) is 69.4 Å². The second kappa shape index (κ2) is 8.11. The summed E-state index contributed by atoms with van der Waals surface area (Å²) in [6, 6.07) is 17.5. The molecule has 0 saturated heterocycles. The fourth-order valence-electron chi connectivity index (χ4n) is 4.03. The van der Waals surface area contributed by atoms with Gasteiger partial charge in [0.15, 0.2) is 0 Å². The number of hydrazone groups is 1. The second-order valence-electron chi connectivity index (χ2n) is 7.42. The molecule has 0 unspecified atom stereocenters. The van der Waals surface area contributed by atoms with Crippen molar-refractivity contribution in [3.05, 3.63) is 74.1 Å². The van der Waals surface area contributed by atoms with Crippen LogP contribution in [0.2, 0.25) is 0 Å². The molecule has 0 N–H and O–H groups in total. The lowest BCUT2D eigenvalue weighted by atomic mass is 10.2. The SMILES string of the molecule is CCN1/C(=c2/s/c(=C3/C(=O)N(c4ccccc4)N=C3C)n(CC)c2=O)Sc2ccccc21. The zero-order chi connectivity index (χ0) is 22.4. The number of hydrogen-bond donors (Lipinski definition) is 0. The van der Waals surface area contributed by atoms with E-state index >= 15 is 0 Å². The second-order valence-corrected chi connectivity index (χ2v) is 9.45. The lowest BCUT2D eigenvalue weighted by molar-refractivity contribution is -0.112. The fraction of sp³-hybridized carbons (Fsp3) is 0.208. The first-order chi connectivity index (χ1) is 15.5. The van der Waals surface area contributed by atoms with Gasteiger partial charge in [-0.15, -0.1) is 11.3 Å². The highest BCUT2D eigenvalue weighted by atomic mass is 32.2. The van der Waals surface area contributed by atoms with Gasteiger partial charge in [0, 0.05) is 18.0 Å². The topological polar surface area (TPSA) is 57.9 Å². The van der Waals surface area contributed by atoms with E-state index in [1.54, 1.807) is 16.3 Å². The van der Waals surface area contributed by atoms with Crippen LogP contribution in [-0.4, -0.2) is 22.7 Å². The van der Waals surface area contributed by atoms with Crippen LogP contribution in [0, 0.1) is 0 Å². The molecule has 0 radical (unpaired) electrons. The van der Waals surface area contributed by atoms with Gasteiger partial charge in [0.2, 0.25) is 0 Å². The average Bonchev–Trinajstić information content (AvgIpc) is 3.44. The van der Waals surface area contributed by atoms with Crippen molar-refractivity contribution in [1.82, 2.24) is 4.57 Å². The number of thioether (sulfide) groups is 1. The number of para-hydroxylation sites is 2. The van der Waals surface area contributed by atoms with Crippen LogP contribution in [0.5, 0.6) is 0 Å². The van der Waals surface area contributed by atoms with E-state index in [0.29, 0.717) is 32.7 Å². The number of aromatic nitrogens is 1. The van der Waals surface area contributed by atoms with E-state index in [4.69, 9.17) is 0 Å². The Hall–Kier alpha value is -3.10. The number of fused-ring (bicyclic) bond motifs is 1. The van der Waals surface area contributed by atoms with E-state index < -0.39 is 0 Å². The third-order valence-electron chi connectivity index (χ3n) is 5.55. The van der Waals surface area contributed by atoms with Crippen LogP contribution < -0.4 is 24.7 Å². The van der Waals surface area contributed by atoms with Crippen LogP contribution in [-0.2, 0) is 11.3 Å². The maximum atomic E-state index is 13.5. The summed E-state index contributed by atoms with van der Waals surface area (Å²) in [6.45, 7) is 7.08. The molecule has 0 bridgehead atoms. The zero-order valence-electron chi connectivity index (χ0n) is 18.0. The summed E-state index contributed by atoms with van der Waals surface area (Å²) in [7, 11) is 0. The number of amides is 1. The maximum Gasteiger partial charge on any atom is 0.283 e. The van der Waals surface area contributed by atoms with Crippen LogP contribution in [0.1, 0.15) is 20.8 Å². The van der Waals surface area contributed by atoms with Crippen molar-refractivity contribution in [2.75, 3.05) is 16.5 Å². The molecule has 6 nitrogen and oxygen atoms in total. The van der Waals surface area contributed by atoms with Gasteiger partial charge >= 0.3 is 0 Å². The third-order valence-corrected chi connectivity index (χ3v) is 8.05. The van der Waals surface area contributed by atoms with Crippen molar-refractivity contribution < 1.29 is 4.79 Å². The zero-order valence-corrected chi connectivity index (χ0v) is 19.7. The van der Waals surface area contributed by atoms with Gasteiger partial charge in [-0.1, -0.05) is 42.1 Å². The Balaban J connectivity index is 1.74. The van der Waals surface area contributed by atoms with Gasteiger partial charge in [-0.25, -0.2) is 0 Å². The van der Waals surface area contributed by atoms with E-state index in [1.165, 1.54) is 16.3 Å². The molecule has 3 aromatic rings. The molecular weight excluding hydrogens is 440 g/mol. The van der Waals surface area contributed by atoms with Gasteiger partial charge in [0.1, 0.15) is 14.2 Å². The first kappa shape index (κ1) is 20.8. The standard InChI is InChI=1S/C24H22N4O2S2/c1-4-26-17-13-9-10-14-18(17)31-24(26)20-22(30)27(5-2)23(32-20)19-15(3)25-28(21(19)29)16-11-7-6-8-12-16/h6-14H,4-5H2,1-3H3/b23-19+,24-20-. The predicted molar refractivity (Wildman–Crippen MR) is 133 cm³/mol. The van der Waals surface area contributed by atoms with Gasteiger partial charge in [-0.3, -0.25) is 14.2 Å². The monoisotopic (exact) mass is 462 g/mol. The minimum atomic E-state index is -0.205. The van der Waals surface area contributed by atoms with Crippen molar-refractivity contribution in [3.63, 3.8) is 0 Å². The van der Waals surface area contributed by atoms with Crippen LogP contribution in [0.25, 0.3) is 10.6 Å². The summed E-state index contributed by atoms with van der Waals surface area (Å²) >= 11 is 3.00. The van der Waals surface area contributed by atoms with E-state index in [9.17, 15) is 9.59 Å². The number of carbonyl (C=O) groups is 1. The quantitative estimate of drug-likeness (QED) is 0.600. The molecule has 2 aliphatic rings. The smallest absolute Gasteiger partial charge is 0.283 e. The summed E-state index contributed by atoms with van der Waals surface area (Å²) in [4.78, 5) is 30.2. The van der Waals surface area contributed by atoms with E-state index in [2.05, 4.69) is 29.1 Å². The molecule has 2 aromatic carbocycles. The normalized spacial score (nSPS) is 19.0. The van der Waals surface area contributed by atoms with Crippen molar-refractivity contribution in [2.45, 2.75) is 32.2 Å². The number of anilines is 2. The molecule has 32 heavy (non-hydrogen) atoms. The van der Waals surface area contributed by atoms with Crippen molar-refractivity contribution in [3.8, 4) is 0 Å². The largest absolute Gasteiger partial charge is 0.334 e. The van der Waals surface area contributed by atoms with Crippen LogP contribution in [0.3, 0.4) is 0 Å². The third kappa shape index (κ3) is 3.13. The summed E-state index contributed by atoms with van der Waals surface area (Å²) in [6.07, 6.45) is 0. The molecule has 0 saturated carbocycles. The molecule has 162 valence electrons. The molecule has 5 rings (SSSR count). The molecule has 1 aromatic heterocycles. The Morgan fingerprint density at radius 1 is 0.938 bits per heavy atom. The lowest BCUT2D eigenvalue weighted by Crippen LogP contribution is -2.35. The van der Waals surface area contributed by atoms with Gasteiger partial charge in [0.05, 0.1) is 22.7 Å². The first-order valence-corrected chi connectivity index (χ1v) is 12.2. The van der Waals surface area contributed by atoms with Gasteiger partial charge in [-0.05, 0) is 45.0 Å². The Bertz CT molecular complexity index is 1440. The van der Waals surface area contributed by atoms with Gasteiger partial charge < -0.3 is 4.90 Å². The number of hydrogen-bond acceptors (Lipinski definition) is 6. The van der Waals surface area contributed by atoms with Crippen molar-refractivity contribution >= 4 is 56.7 Å². The van der Waals surface area contributed by atoms with E-state index in [-0.39, 0.29) is 11.5 Å². The minimum Gasteiger partial charge on any atom is -0.334 e. The molecule has 0 aliphatic carbocycles. The highest BCUT2D eigenvalue weighted by Crippen LogP contribution is 2.45. The number of benzene rings is 2. The molecule has 0 atom stereocenters. The number of nitrogens with zero attached hydrogens (tertiary/aromatic N) is 4. The highest BCUT2D eigenvalue weighted by Gasteiger charge is 2.32. The van der Waals surface area contributed by atoms with Crippen LogP contribution in [0.4, 0.5) is 11.4 Å². The Kier molecular flexibility index (Phi) is 5.27. The number of rotatable bonds is 3. The molecule has 8 heteroatoms. The van der Waals surface area contributed by atoms with Gasteiger partial charge in [0.25, 0.3) is 11.5 Å². The molecular formula is C24H22N4O2S2. The summed E-state index contributed by atoms with van der Waals surface area (Å²) in [5.74, 6) is -0.205. The molecule has 2 aliphatic heterocycles. The Morgan fingerprint density at radius 2 is 1.66 bits per heavy atom. The highest BCUT2D eigenvalue weighted by molar-refractivity contribution is 8.08. The summed E-state index contributed by atoms with van der Waals surface area (Å²) in [5, 5.41) is 6.85. The fourth-order valence-corrected chi connectivity index (χ4v) is 6.69. The lowest BCUT2D eigenvalue weighted by Gasteiger charge is -2.16.